The van der Waals surface area contributed by atoms with Crippen molar-refractivity contribution in [2.24, 2.45) is 16.7 Å². The van der Waals surface area contributed by atoms with Gasteiger partial charge in [-0.1, -0.05) is 53.7 Å². The third-order valence-corrected chi connectivity index (χ3v) is 9.44. The molecule has 0 saturated carbocycles. The van der Waals surface area contributed by atoms with Crippen LogP contribution in [0.1, 0.15) is 82.4 Å². The Bertz CT molecular complexity index is 1980. The van der Waals surface area contributed by atoms with Gasteiger partial charge in [-0.25, -0.2) is 4.79 Å². The van der Waals surface area contributed by atoms with Gasteiger partial charge in [-0.3, -0.25) is 9.59 Å². The average molecular weight is 727 g/mol. The molecule has 0 radical (unpaired) electrons. The summed E-state index contributed by atoms with van der Waals surface area (Å²) in [5, 5.41) is 18.3. The summed E-state index contributed by atoms with van der Waals surface area (Å²) in [7, 11) is 7.82. The van der Waals surface area contributed by atoms with E-state index in [4.69, 9.17) is 9.47 Å². The molecule has 1 heterocycles. The number of benzene rings is 3. The number of amides is 2. The second-order valence-electron chi connectivity index (χ2n) is 17.0. The maximum absolute atomic E-state index is 13.9. The molecule has 2 amide bonds. The molecule has 10 heteroatoms. The van der Waals surface area contributed by atoms with Crippen molar-refractivity contribution in [2.45, 2.75) is 60.8 Å². The first-order chi connectivity index (χ1) is 24.6. The van der Waals surface area contributed by atoms with Crippen molar-refractivity contribution in [2.75, 3.05) is 59.4 Å². The summed E-state index contributed by atoms with van der Waals surface area (Å²) in [4.78, 5) is 42.7. The van der Waals surface area contributed by atoms with Crippen LogP contribution in [0, 0.1) is 16.7 Å². The zero-order valence-corrected chi connectivity index (χ0v) is 33.6. The van der Waals surface area contributed by atoms with Crippen LogP contribution < -0.4 is 30.7 Å². The topological polar surface area (TPSA) is 120 Å². The van der Waals surface area contributed by atoms with Crippen LogP contribution >= 0.6 is 0 Å². The van der Waals surface area contributed by atoms with Gasteiger partial charge in [-0.05, 0) is 66.6 Å². The Morgan fingerprint density at radius 2 is 1.45 bits per heavy atom. The SMILES string of the molecule is CC(C)C(=O)NCC(C)(C)COCC(C)(C)CNC(=O)C(C)(C)c1ccc(C(=O)O)c(C2=c3ccc(=CN(C)C)cc3Oc3cc(N(C)C)ccc32)c1. The fourth-order valence-electron chi connectivity index (χ4n) is 6.08. The van der Waals surface area contributed by atoms with Gasteiger partial charge in [0.1, 0.15) is 11.5 Å². The van der Waals surface area contributed by atoms with Crippen molar-refractivity contribution in [3.8, 4) is 11.5 Å². The molecule has 0 atom stereocenters. The molecule has 53 heavy (non-hydrogen) atoms. The summed E-state index contributed by atoms with van der Waals surface area (Å²) < 4.78 is 12.6. The molecule has 3 N–H and O–H groups in total. The Hall–Kier alpha value is -4.83. The summed E-state index contributed by atoms with van der Waals surface area (Å²) in [6, 6.07) is 17.0. The number of carboxylic acids is 1. The average Bonchev–Trinajstić information content (AvgIpc) is 3.07. The first-order valence-corrected chi connectivity index (χ1v) is 18.2. The van der Waals surface area contributed by atoms with Crippen molar-refractivity contribution in [3.05, 3.63) is 87.3 Å². The van der Waals surface area contributed by atoms with E-state index in [-0.39, 0.29) is 34.1 Å². The van der Waals surface area contributed by atoms with Crippen LogP contribution in [-0.2, 0) is 19.7 Å². The minimum absolute atomic E-state index is 0.0148. The Kier molecular flexibility index (Phi) is 12.4. The second-order valence-corrected chi connectivity index (χ2v) is 17.0. The minimum Gasteiger partial charge on any atom is -0.478 e. The molecule has 10 nitrogen and oxygen atoms in total. The van der Waals surface area contributed by atoms with Crippen LogP contribution in [0.5, 0.6) is 11.5 Å². The van der Waals surface area contributed by atoms with Gasteiger partial charge in [0.25, 0.3) is 0 Å². The molecular weight excluding hydrogens is 668 g/mol. The number of hydrogen-bond acceptors (Lipinski definition) is 7. The first kappa shape index (κ1) is 40.9. The monoisotopic (exact) mass is 726 g/mol. The van der Waals surface area contributed by atoms with Crippen LogP contribution in [0.3, 0.4) is 0 Å². The number of anilines is 1. The third-order valence-electron chi connectivity index (χ3n) is 9.44. The molecule has 286 valence electrons. The Balaban J connectivity index is 1.65. The summed E-state index contributed by atoms with van der Waals surface area (Å²) in [6.45, 7) is 17.3. The maximum Gasteiger partial charge on any atom is 0.336 e. The number of ether oxygens (including phenoxy) is 2. The Morgan fingerprint density at radius 1 is 0.811 bits per heavy atom. The van der Waals surface area contributed by atoms with E-state index in [0.717, 1.165) is 27.3 Å². The van der Waals surface area contributed by atoms with Crippen LogP contribution in [0.2, 0.25) is 0 Å². The van der Waals surface area contributed by atoms with Gasteiger partial charge in [0.05, 0.1) is 24.2 Å². The van der Waals surface area contributed by atoms with Crippen molar-refractivity contribution in [3.63, 3.8) is 0 Å². The summed E-state index contributed by atoms with van der Waals surface area (Å²) in [5.41, 5.74) is 2.12. The van der Waals surface area contributed by atoms with Crippen molar-refractivity contribution in [1.29, 1.82) is 0 Å². The highest BCUT2D eigenvalue weighted by molar-refractivity contribution is 5.99. The quantitative estimate of drug-likeness (QED) is 0.150. The number of nitrogens with one attached hydrogen (secondary N) is 2. The molecule has 0 saturated heterocycles. The van der Waals surface area contributed by atoms with Crippen molar-refractivity contribution < 1.29 is 29.0 Å². The smallest absolute Gasteiger partial charge is 0.336 e. The molecule has 0 spiro atoms. The van der Waals surface area contributed by atoms with E-state index in [1.165, 1.54) is 0 Å². The highest BCUT2D eigenvalue weighted by atomic mass is 16.5. The first-order valence-electron chi connectivity index (χ1n) is 18.2. The number of fused-ring (bicyclic) bond motifs is 2. The number of carbonyl (C=O) groups is 3. The zero-order chi connectivity index (χ0) is 39.5. The number of carboxylic acid groups (broad SMARTS) is 1. The van der Waals surface area contributed by atoms with Crippen LogP contribution in [0.4, 0.5) is 5.69 Å². The highest BCUT2D eigenvalue weighted by Crippen LogP contribution is 2.40. The summed E-state index contributed by atoms with van der Waals surface area (Å²) in [5.74, 6) is -0.0787. The Morgan fingerprint density at radius 3 is 2.04 bits per heavy atom. The lowest BCUT2D eigenvalue weighted by Gasteiger charge is -2.31. The fraction of sp³-hybridized carbons (Fsp3) is 0.465. The second kappa shape index (κ2) is 16.0. The van der Waals surface area contributed by atoms with E-state index < -0.39 is 11.4 Å². The lowest BCUT2D eigenvalue weighted by molar-refractivity contribution is -0.126. The molecule has 1 aliphatic heterocycles. The van der Waals surface area contributed by atoms with E-state index in [1.54, 1.807) is 12.1 Å². The van der Waals surface area contributed by atoms with Gasteiger partial charge in [-0.2, -0.15) is 0 Å². The number of rotatable bonds is 15. The van der Waals surface area contributed by atoms with Gasteiger partial charge in [-0.15, -0.1) is 0 Å². The summed E-state index contributed by atoms with van der Waals surface area (Å²) in [6.07, 6.45) is 1.99. The molecule has 3 aromatic carbocycles. The van der Waals surface area contributed by atoms with E-state index in [1.807, 2.05) is 142 Å². The predicted octanol–water partition coefficient (Wildman–Crippen LogP) is 5.34. The standard InChI is InChI=1S/C43H58N4O6/c1-27(2)38(48)44-23-41(3,4)25-52-26-42(5,6)24-45-40(51)43(7,8)29-14-17-31(39(49)50)34(20-29)37-32-16-13-28(22-46(9)10)19-35(32)53-36-21-30(47(11)12)15-18-33(36)37/h13-22,27H,23-26H2,1-12H3,(H,44,48)(H,45,51)(H,49,50). The van der Waals surface area contributed by atoms with E-state index in [0.29, 0.717) is 48.9 Å². The maximum atomic E-state index is 13.9. The number of hydrogen-bond donors (Lipinski definition) is 3. The van der Waals surface area contributed by atoms with Gasteiger partial charge in [0, 0.05) is 92.3 Å². The van der Waals surface area contributed by atoms with Crippen molar-refractivity contribution in [1.82, 2.24) is 15.5 Å². The fourth-order valence-corrected chi connectivity index (χ4v) is 6.08. The van der Waals surface area contributed by atoms with E-state index in [9.17, 15) is 19.5 Å². The molecule has 4 rings (SSSR count). The van der Waals surface area contributed by atoms with Crippen LogP contribution in [-0.4, -0.2) is 82.3 Å². The van der Waals surface area contributed by atoms with Crippen molar-refractivity contribution >= 4 is 35.2 Å². The molecule has 3 aromatic rings. The largest absolute Gasteiger partial charge is 0.478 e. The predicted molar refractivity (Wildman–Crippen MR) is 212 cm³/mol. The summed E-state index contributed by atoms with van der Waals surface area (Å²) >= 11 is 0. The van der Waals surface area contributed by atoms with E-state index >= 15 is 0 Å². The number of carbonyl (C=O) groups excluding carboxylic acids is 2. The van der Waals surface area contributed by atoms with Gasteiger partial charge in [0.2, 0.25) is 11.8 Å². The molecule has 0 aromatic heterocycles. The molecule has 0 bridgehead atoms. The molecule has 0 fully saturated rings. The third kappa shape index (κ3) is 9.99. The normalized spacial score (nSPS) is 13.2. The van der Waals surface area contributed by atoms with Crippen LogP contribution in [0.25, 0.3) is 11.8 Å². The zero-order valence-electron chi connectivity index (χ0n) is 33.6. The van der Waals surface area contributed by atoms with Gasteiger partial charge >= 0.3 is 5.97 Å². The van der Waals surface area contributed by atoms with Gasteiger partial charge < -0.3 is 35.0 Å². The molecule has 1 aliphatic rings. The molecule has 0 aliphatic carbocycles. The molecular formula is C43H58N4O6. The number of aromatic carboxylic acids is 1. The molecule has 0 unspecified atom stereocenters. The lowest BCUT2D eigenvalue weighted by Crippen LogP contribution is -2.45. The van der Waals surface area contributed by atoms with Gasteiger partial charge in [0.15, 0.2) is 0 Å². The number of nitrogens with zero attached hydrogens (tertiary/aromatic N) is 2. The Labute approximate surface area is 314 Å². The van der Waals surface area contributed by atoms with Crippen LogP contribution in [0.15, 0.2) is 54.6 Å². The lowest BCUT2D eigenvalue weighted by atomic mass is 9.79. The minimum atomic E-state index is -1.06. The highest BCUT2D eigenvalue weighted by Gasteiger charge is 2.34. The van der Waals surface area contributed by atoms with E-state index in [2.05, 4.69) is 10.6 Å².